The molecule has 3 heteroatoms. The molecule has 0 aliphatic heterocycles. The van der Waals surface area contributed by atoms with Crippen molar-refractivity contribution in [2.24, 2.45) is 0 Å². The molecule has 1 nitrogen and oxygen atoms in total. The average molecular weight is 287 g/mol. The van der Waals surface area contributed by atoms with Crippen molar-refractivity contribution in [3.05, 3.63) is 65.4 Å². The van der Waals surface area contributed by atoms with Gasteiger partial charge in [-0.25, -0.2) is 4.39 Å². The van der Waals surface area contributed by atoms with Crippen molar-refractivity contribution in [1.82, 2.24) is 0 Å². The first-order chi connectivity index (χ1) is 9.69. The molecule has 0 fully saturated rings. The van der Waals surface area contributed by atoms with Crippen molar-refractivity contribution in [3.63, 3.8) is 0 Å². The zero-order chi connectivity index (χ0) is 14.1. The summed E-state index contributed by atoms with van der Waals surface area (Å²) in [5.41, 5.74) is 1.24. The van der Waals surface area contributed by atoms with E-state index >= 15 is 0 Å². The summed E-state index contributed by atoms with van der Waals surface area (Å²) in [5.74, 6) is 0.372. The van der Waals surface area contributed by atoms with Crippen LogP contribution in [0.3, 0.4) is 0 Å². The number of ether oxygens (including phenoxy) is 1. The van der Waals surface area contributed by atoms with Crippen molar-refractivity contribution < 1.29 is 9.13 Å². The molecular weight excluding hydrogens is 275 g/mol. The number of fused-ring (bicyclic) bond motifs is 1. The van der Waals surface area contributed by atoms with Gasteiger partial charge in [0.1, 0.15) is 11.6 Å². The first-order valence-electron chi connectivity index (χ1n) is 6.21. The number of benzene rings is 3. The van der Waals surface area contributed by atoms with E-state index in [9.17, 15) is 4.39 Å². The van der Waals surface area contributed by atoms with Crippen molar-refractivity contribution in [1.29, 1.82) is 0 Å². The van der Waals surface area contributed by atoms with Crippen LogP contribution in [-0.4, -0.2) is 7.11 Å². The molecule has 0 N–H and O–H groups in total. The Morgan fingerprint density at radius 2 is 1.70 bits per heavy atom. The fourth-order valence-electron chi connectivity index (χ4n) is 2.31. The highest BCUT2D eigenvalue weighted by atomic mass is 35.5. The minimum Gasteiger partial charge on any atom is -0.496 e. The quantitative estimate of drug-likeness (QED) is 0.620. The van der Waals surface area contributed by atoms with Crippen LogP contribution >= 0.6 is 11.6 Å². The third-order valence-corrected chi connectivity index (χ3v) is 3.52. The van der Waals surface area contributed by atoms with Crippen LogP contribution in [0, 0.1) is 5.82 Å². The smallest absolute Gasteiger partial charge is 0.131 e. The lowest BCUT2D eigenvalue weighted by Crippen LogP contribution is -1.91. The molecule has 0 heterocycles. The molecule has 0 bridgehead atoms. The predicted molar refractivity (Wildman–Crippen MR) is 80.9 cm³/mol. The normalized spacial score (nSPS) is 10.8. The summed E-state index contributed by atoms with van der Waals surface area (Å²) in [6.45, 7) is 0. The lowest BCUT2D eigenvalue weighted by Gasteiger charge is -2.11. The van der Waals surface area contributed by atoms with Gasteiger partial charge in [-0.2, -0.15) is 0 Å². The number of halogens is 2. The van der Waals surface area contributed by atoms with Crippen LogP contribution in [0.1, 0.15) is 0 Å². The number of methoxy groups -OCH3 is 1. The molecule has 100 valence electrons. The van der Waals surface area contributed by atoms with Gasteiger partial charge in [0.05, 0.1) is 7.11 Å². The average Bonchev–Trinajstić information content (AvgIpc) is 2.46. The highest BCUT2D eigenvalue weighted by molar-refractivity contribution is 6.31. The van der Waals surface area contributed by atoms with Gasteiger partial charge in [-0.15, -0.1) is 0 Å². The van der Waals surface area contributed by atoms with E-state index in [0.29, 0.717) is 16.3 Å². The Labute approximate surface area is 121 Å². The fourth-order valence-corrected chi connectivity index (χ4v) is 2.49. The number of hydrogen-bond acceptors (Lipinski definition) is 1. The molecule has 0 aliphatic carbocycles. The van der Waals surface area contributed by atoms with Crippen LogP contribution in [0.2, 0.25) is 5.02 Å². The molecule has 0 saturated heterocycles. The van der Waals surface area contributed by atoms with Crippen LogP contribution in [0.5, 0.6) is 5.75 Å². The molecule has 3 aromatic rings. The second-order valence-corrected chi connectivity index (χ2v) is 4.96. The summed E-state index contributed by atoms with van der Waals surface area (Å²) in [6, 6.07) is 16.1. The van der Waals surface area contributed by atoms with E-state index in [0.717, 1.165) is 16.3 Å². The minimum absolute atomic E-state index is 0.271. The Morgan fingerprint density at radius 1 is 0.900 bits per heavy atom. The molecule has 0 amide bonds. The monoisotopic (exact) mass is 286 g/mol. The zero-order valence-corrected chi connectivity index (χ0v) is 11.6. The fraction of sp³-hybridized carbons (Fsp3) is 0.0588. The molecule has 0 unspecified atom stereocenters. The lowest BCUT2D eigenvalue weighted by molar-refractivity contribution is 0.417. The van der Waals surface area contributed by atoms with E-state index in [-0.39, 0.29) is 5.82 Å². The van der Waals surface area contributed by atoms with Gasteiger partial charge < -0.3 is 4.74 Å². The number of rotatable bonds is 2. The summed E-state index contributed by atoms with van der Waals surface area (Å²) in [4.78, 5) is 0. The van der Waals surface area contributed by atoms with Gasteiger partial charge in [-0.3, -0.25) is 0 Å². The maximum Gasteiger partial charge on any atom is 0.131 e. The van der Waals surface area contributed by atoms with E-state index in [1.165, 1.54) is 6.07 Å². The van der Waals surface area contributed by atoms with Crippen LogP contribution in [0.15, 0.2) is 54.6 Å². The van der Waals surface area contributed by atoms with Gasteiger partial charge in [0, 0.05) is 16.1 Å². The third-order valence-electron chi connectivity index (χ3n) is 3.28. The van der Waals surface area contributed by atoms with E-state index < -0.39 is 0 Å². The lowest BCUT2D eigenvalue weighted by atomic mass is 9.99. The Bertz CT molecular complexity index is 783. The maximum absolute atomic E-state index is 14.0. The van der Waals surface area contributed by atoms with E-state index in [1.807, 2.05) is 30.3 Å². The van der Waals surface area contributed by atoms with Crippen molar-refractivity contribution in [3.8, 4) is 16.9 Å². The second kappa shape index (κ2) is 5.14. The molecule has 20 heavy (non-hydrogen) atoms. The molecule has 0 radical (unpaired) electrons. The van der Waals surface area contributed by atoms with Crippen LogP contribution < -0.4 is 4.74 Å². The van der Waals surface area contributed by atoms with Gasteiger partial charge >= 0.3 is 0 Å². The minimum atomic E-state index is -0.271. The molecule has 3 aromatic carbocycles. The van der Waals surface area contributed by atoms with E-state index in [2.05, 4.69) is 0 Å². The van der Waals surface area contributed by atoms with Gasteiger partial charge in [-0.05, 0) is 41.1 Å². The van der Waals surface area contributed by atoms with E-state index in [1.54, 1.807) is 25.3 Å². The second-order valence-electron chi connectivity index (χ2n) is 4.52. The van der Waals surface area contributed by atoms with Crippen molar-refractivity contribution in [2.45, 2.75) is 0 Å². The third kappa shape index (κ3) is 2.23. The summed E-state index contributed by atoms with van der Waals surface area (Å²) < 4.78 is 19.4. The van der Waals surface area contributed by atoms with Gasteiger partial charge in [0.25, 0.3) is 0 Å². The topological polar surface area (TPSA) is 9.23 Å². The molecule has 0 atom stereocenters. The molecule has 3 rings (SSSR count). The zero-order valence-electron chi connectivity index (χ0n) is 10.9. The molecule has 0 aromatic heterocycles. The number of hydrogen-bond donors (Lipinski definition) is 0. The van der Waals surface area contributed by atoms with Crippen LogP contribution in [0.4, 0.5) is 4.39 Å². The van der Waals surface area contributed by atoms with Gasteiger partial charge in [-0.1, -0.05) is 35.9 Å². The van der Waals surface area contributed by atoms with Gasteiger partial charge in [0.2, 0.25) is 0 Å². The van der Waals surface area contributed by atoms with Crippen LogP contribution in [-0.2, 0) is 0 Å². The summed E-state index contributed by atoms with van der Waals surface area (Å²) in [7, 11) is 1.58. The Morgan fingerprint density at radius 3 is 2.45 bits per heavy atom. The summed E-state index contributed by atoms with van der Waals surface area (Å²) in [6.07, 6.45) is 0. The van der Waals surface area contributed by atoms with Crippen molar-refractivity contribution in [2.75, 3.05) is 7.11 Å². The van der Waals surface area contributed by atoms with Gasteiger partial charge in [0.15, 0.2) is 0 Å². The first-order valence-corrected chi connectivity index (χ1v) is 6.59. The summed E-state index contributed by atoms with van der Waals surface area (Å²) >= 11 is 6.02. The van der Waals surface area contributed by atoms with E-state index in [4.69, 9.17) is 16.3 Å². The first kappa shape index (κ1) is 12.9. The maximum atomic E-state index is 14.0. The largest absolute Gasteiger partial charge is 0.496 e. The SMILES string of the molecule is COc1cc2ccc(Cl)cc2cc1-c1ccccc1F. The molecule has 0 saturated carbocycles. The molecule has 0 spiro atoms. The highest BCUT2D eigenvalue weighted by Gasteiger charge is 2.11. The summed E-state index contributed by atoms with van der Waals surface area (Å²) in [5, 5.41) is 2.62. The molecular formula is C17H12ClFO. The predicted octanol–water partition coefficient (Wildman–Crippen LogP) is 5.31. The van der Waals surface area contributed by atoms with Crippen molar-refractivity contribution >= 4 is 22.4 Å². The Kier molecular flexibility index (Phi) is 3.33. The standard InChI is InChI=1S/C17H12ClFO/c1-20-17-10-11-6-7-13(18)8-12(11)9-15(17)14-4-2-3-5-16(14)19/h2-10H,1H3. The highest BCUT2D eigenvalue weighted by Crippen LogP contribution is 2.36. The molecule has 0 aliphatic rings. The Balaban J connectivity index is 2.31. The Hall–Kier alpha value is -2.06. The van der Waals surface area contributed by atoms with Crippen LogP contribution in [0.25, 0.3) is 21.9 Å².